The molecule has 3 aromatic carbocycles. The van der Waals surface area contributed by atoms with Crippen molar-refractivity contribution in [3.05, 3.63) is 99.7 Å². The number of hydrogen-bond acceptors (Lipinski definition) is 4. The van der Waals surface area contributed by atoms with Crippen molar-refractivity contribution in [3.63, 3.8) is 0 Å². The Bertz CT molecular complexity index is 1350. The van der Waals surface area contributed by atoms with Crippen LogP contribution in [0.25, 0.3) is 22.3 Å². The lowest BCUT2D eigenvalue weighted by molar-refractivity contribution is 0.600. The summed E-state index contributed by atoms with van der Waals surface area (Å²) in [5, 5.41) is 0.848. The van der Waals surface area contributed by atoms with Gasteiger partial charge < -0.3 is 4.42 Å². The molecule has 0 saturated carbocycles. The molecule has 1 heterocycles. The zero-order valence-corrected chi connectivity index (χ0v) is 16.7. The summed E-state index contributed by atoms with van der Waals surface area (Å²) in [5.41, 5.74) is 1.76. The first-order valence-corrected chi connectivity index (χ1v) is 10.8. The number of hydrogen-bond donors (Lipinski definition) is 1. The van der Waals surface area contributed by atoms with Gasteiger partial charge in [0.2, 0.25) is 10.0 Å². The molecule has 0 aliphatic carbocycles. The molecule has 146 valence electrons. The van der Waals surface area contributed by atoms with Crippen molar-refractivity contribution in [1.29, 1.82) is 0 Å². The summed E-state index contributed by atoms with van der Waals surface area (Å²) in [5.74, 6) is 0.196. The molecular weight excluding hydrogens is 410 g/mol. The minimum Gasteiger partial charge on any atom is -0.456 e. The Kier molecular flexibility index (Phi) is 5.13. The molecule has 0 aliphatic heterocycles. The smallest absolute Gasteiger partial charge is 0.236 e. The average molecular weight is 426 g/mol. The lowest BCUT2D eigenvalue weighted by Crippen LogP contribution is -2.15. The number of sulfonamides is 1. The molecule has 0 radical (unpaired) electrons. The molecule has 0 spiro atoms. The van der Waals surface area contributed by atoms with Gasteiger partial charge in [0.15, 0.2) is 5.43 Å². The van der Waals surface area contributed by atoms with E-state index in [1.165, 1.54) is 18.2 Å². The highest BCUT2D eigenvalue weighted by Gasteiger charge is 2.14. The van der Waals surface area contributed by atoms with Gasteiger partial charge in [-0.15, -0.1) is 0 Å². The van der Waals surface area contributed by atoms with E-state index in [0.29, 0.717) is 33.0 Å². The van der Waals surface area contributed by atoms with Gasteiger partial charge in [-0.05, 0) is 29.8 Å². The second kappa shape index (κ2) is 7.73. The van der Waals surface area contributed by atoms with E-state index in [2.05, 4.69) is 4.72 Å². The van der Waals surface area contributed by atoms with Crippen molar-refractivity contribution in [2.75, 3.05) is 4.72 Å². The Hall–Kier alpha value is -3.09. The van der Waals surface area contributed by atoms with Crippen LogP contribution in [0.5, 0.6) is 0 Å². The van der Waals surface area contributed by atoms with Gasteiger partial charge in [0.1, 0.15) is 11.3 Å². The van der Waals surface area contributed by atoms with E-state index in [-0.39, 0.29) is 11.2 Å². The van der Waals surface area contributed by atoms with Crippen LogP contribution in [0.4, 0.5) is 5.69 Å². The van der Waals surface area contributed by atoms with Gasteiger partial charge in [-0.25, -0.2) is 8.42 Å². The Morgan fingerprint density at radius 2 is 1.69 bits per heavy atom. The zero-order chi connectivity index (χ0) is 20.4. The van der Waals surface area contributed by atoms with Crippen molar-refractivity contribution in [1.82, 2.24) is 0 Å². The molecule has 4 rings (SSSR count). The van der Waals surface area contributed by atoms with E-state index in [1.54, 1.807) is 30.3 Å². The van der Waals surface area contributed by atoms with E-state index in [9.17, 15) is 13.2 Å². The fourth-order valence-corrected chi connectivity index (χ4v) is 4.41. The van der Waals surface area contributed by atoms with Gasteiger partial charge >= 0.3 is 0 Å². The average Bonchev–Trinajstić information content (AvgIpc) is 2.67. The van der Waals surface area contributed by atoms with Crippen LogP contribution >= 0.6 is 11.6 Å². The van der Waals surface area contributed by atoms with Crippen molar-refractivity contribution in [2.24, 2.45) is 0 Å². The Morgan fingerprint density at radius 1 is 0.897 bits per heavy atom. The van der Waals surface area contributed by atoms with Crippen LogP contribution in [-0.4, -0.2) is 8.42 Å². The van der Waals surface area contributed by atoms with Crippen LogP contribution in [0.15, 0.2) is 88.1 Å². The van der Waals surface area contributed by atoms with Gasteiger partial charge in [0, 0.05) is 22.7 Å². The molecule has 0 fully saturated rings. The van der Waals surface area contributed by atoms with Crippen LogP contribution in [0.1, 0.15) is 5.56 Å². The molecular formula is C22H16ClNO4S. The van der Waals surface area contributed by atoms with E-state index in [0.717, 1.165) is 5.56 Å². The standard InChI is InChI=1S/C22H16ClNO4S/c23-17-8-4-5-15(11-17)14-29(26,27)24-18-9-10-19-20(25)13-21(28-22(19)12-18)16-6-2-1-3-7-16/h1-13,24H,14H2. The molecule has 1 aromatic heterocycles. The predicted octanol–water partition coefficient (Wildman–Crippen LogP) is 5.06. The lowest BCUT2D eigenvalue weighted by Gasteiger charge is -2.09. The van der Waals surface area contributed by atoms with Crippen LogP contribution in [0.2, 0.25) is 5.02 Å². The zero-order valence-electron chi connectivity index (χ0n) is 15.1. The molecule has 5 nitrogen and oxygen atoms in total. The second-order valence-electron chi connectivity index (χ2n) is 6.54. The Labute approximate surface area is 172 Å². The molecule has 0 bridgehead atoms. The van der Waals surface area contributed by atoms with E-state index in [4.69, 9.17) is 16.0 Å². The number of anilines is 1. The number of rotatable bonds is 5. The Morgan fingerprint density at radius 3 is 2.45 bits per heavy atom. The topological polar surface area (TPSA) is 76.4 Å². The second-order valence-corrected chi connectivity index (χ2v) is 8.70. The molecule has 0 amide bonds. The van der Waals surface area contributed by atoms with Crippen molar-refractivity contribution >= 4 is 38.3 Å². The molecule has 7 heteroatoms. The molecule has 29 heavy (non-hydrogen) atoms. The van der Waals surface area contributed by atoms with Gasteiger partial charge in [-0.1, -0.05) is 54.1 Å². The Balaban J connectivity index is 1.67. The molecule has 4 aromatic rings. The third-order valence-electron chi connectivity index (χ3n) is 4.31. The summed E-state index contributed by atoms with van der Waals surface area (Å²) in [4.78, 5) is 12.4. The van der Waals surface area contributed by atoms with Crippen LogP contribution in [0, 0.1) is 0 Å². The highest BCUT2D eigenvalue weighted by Crippen LogP contribution is 2.25. The normalized spacial score (nSPS) is 11.5. The van der Waals surface area contributed by atoms with E-state index >= 15 is 0 Å². The summed E-state index contributed by atoms with van der Waals surface area (Å²) < 4.78 is 33.4. The van der Waals surface area contributed by atoms with E-state index < -0.39 is 10.0 Å². The number of fused-ring (bicyclic) bond motifs is 1. The first-order chi connectivity index (χ1) is 13.9. The monoisotopic (exact) mass is 425 g/mol. The predicted molar refractivity (Wildman–Crippen MR) is 116 cm³/mol. The van der Waals surface area contributed by atoms with Gasteiger partial charge in [-0.3, -0.25) is 9.52 Å². The molecule has 1 N–H and O–H groups in total. The maximum Gasteiger partial charge on any atom is 0.236 e. The van der Waals surface area contributed by atoms with Crippen molar-refractivity contribution in [2.45, 2.75) is 5.75 Å². The minimum absolute atomic E-state index is 0.196. The van der Waals surface area contributed by atoms with Crippen molar-refractivity contribution < 1.29 is 12.8 Å². The highest BCUT2D eigenvalue weighted by molar-refractivity contribution is 7.91. The number of halogens is 1. The summed E-state index contributed by atoms with van der Waals surface area (Å²) in [6, 6.07) is 21.9. The molecule has 0 unspecified atom stereocenters. The summed E-state index contributed by atoms with van der Waals surface area (Å²) in [7, 11) is -3.67. The molecule has 0 aliphatic rings. The maximum atomic E-state index is 12.5. The van der Waals surface area contributed by atoms with E-state index in [1.807, 2.05) is 30.3 Å². The fraction of sp³-hybridized carbons (Fsp3) is 0.0455. The van der Waals surface area contributed by atoms with Crippen molar-refractivity contribution in [3.8, 4) is 11.3 Å². The summed E-state index contributed by atoms with van der Waals surface area (Å²) >= 11 is 5.92. The van der Waals surface area contributed by atoms with Gasteiger partial charge in [0.25, 0.3) is 0 Å². The molecule has 0 atom stereocenters. The largest absolute Gasteiger partial charge is 0.456 e. The van der Waals surface area contributed by atoms with Crippen LogP contribution in [-0.2, 0) is 15.8 Å². The van der Waals surface area contributed by atoms with Crippen LogP contribution in [0.3, 0.4) is 0 Å². The SMILES string of the molecule is O=c1cc(-c2ccccc2)oc2cc(NS(=O)(=O)Cc3cccc(Cl)c3)ccc12. The first-order valence-electron chi connectivity index (χ1n) is 8.78. The minimum atomic E-state index is -3.67. The summed E-state index contributed by atoms with van der Waals surface area (Å²) in [6.07, 6.45) is 0. The quantitative estimate of drug-likeness (QED) is 0.485. The number of benzene rings is 3. The van der Waals surface area contributed by atoms with Gasteiger partial charge in [-0.2, -0.15) is 0 Å². The third-order valence-corrected chi connectivity index (χ3v) is 5.80. The van der Waals surface area contributed by atoms with Crippen LogP contribution < -0.4 is 10.2 Å². The fourth-order valence-electron chi connectivity index (χ4n) is 3.03. The molecule has 0 saturated heterocycles. The summed E-state index contributed by atoms with van der Waals surface area (Å²) in [6.45, 7) is 0. The van der Waals surface area contributed by atoms with Gasteiger partial charge in [0.05, 0.1) is 16.8 Å². The highest BCUT2D eigenvalue weighted by atomic mass is 35.5. The maximum absolute atomic E-state index is 12.5. The lowest BCUT2D eigenvalue weighted by atomic mass is 10.1. The third kappa shape index (κ3) is 4.50. The first kappa shape index (κ1) is 19.2. The number of nitrogens with one attached hydrogen (secondary N) is 1.